The van der Waals surface area contributed by atoms with Crippen LogP contribution in [0.4, 0.5) is 0 Å². The lowest BCUT2D eigenvalue weighted by atomic mass is 9.94. The van der Waals surface area contributed by atoms with E-state index in [1.54, 1.807) is 12.4 Å². The molecule has 0 unspecified atom stereocenters. The van der Waals surface area contributed by atoms with Gasteiger partial charge in [-0.1, -0.05) is 79.4 Å². The van der Waals surface area contributed by atoms with Crippen LogP contribution < -0.4 is 0 Å². The minimum atomic E-state index is 0.0586. The van der Waals surface area contributed by atoms with Gasteiger partial charge < -0.3 is 9.47 Å². The Balaban J connectivity index is 1.08. The van der Waals surface area contributed by atoms with Crippen LogP contribution in [-0.2, 0) is 13.0 Å². The Morgan fingerprint density at radius 3 is 2.40 bits per heavy atom. The highest BCUT2D eigenvalue weighted by Crippen LogP contribution is 2.26. The normalized spacial score (nSPS) is 16.1. The number of fused-ring (bicyclic) bond motifs is 1. The zero-order chi connectivity index (χ0) is 34.3. The largest absolute Gasteiger partial charge is 0.324 e. The second kappa shape index (κ2) is 15.8. The summed E-state index contributed by atoms with van der Waals surface area (Å²) in [5, 5.41) is 0. The highest BCUT2D eigenvalue weighted by Gasteiger charge is 2.25. The molecular formula is C43H48N6O. The molecule has 1 saturated carbocycles. The highest BCUT2D eigenvalue weighted by atomic mass is 16.2. The Morgan fingerprint density at radius 2 is 1.62 bits per heavy atom. The van der Waals surface area contributed by atoms with Gasteiger partial charge in [0.2, 0.25) is 0 Å². The summed E-state index contributed by atoms with van der Waals surface area (Å²) in [6, 6.07) is 25.4. The van der Waals surface area contributed by atoms with E-state index in [9.17, 15) is 4.79 Å². The minimum Gasteiger partial charge on any atom is -0.324 e. The van der Waals surface area contributed by atoms with E-state index < -0.39 is 0 Å². The van der Waals surface area contributed by atoms with E-state index in [2.05, 4.69) is 93.1 Å². The number of rotatable bonds is 11. The van der Waals surface area contributed by atoms with Crippen LogP contribution in [0.2, 0.25) is 0 Å². The number of aromatic nitrogens is 4. The smallest absolute Gasteiger partial charge is 0.258 e. The Bertz CT molecular complexity index is 1960. The van der Waals surface area contributed by atoms with Crippen LogP contribution in [-0.4, -0.2) is 60.9 Å². The second-order valence-electron chi connectivity index (χ2n) is 13.9. The maximum absolute atomic E-state index is 14.1. The Hall–Kier alpha value is -4.88. The van der Waals surface area contributed by atoms with Gasteiger partial charge in [0.1, 0.15) is 11.3 Å². The Kier molecular flexibility index (Phi) is 10.6. The minimum absolute atomic E-state index is 0.0586. The molecule has 2 aliphatic rings. The SMILES string of the molecule is Cc1ccc(C(=CCN2CCCC2)c2cccc(CC=CN(C(=O)c3ccc(Cn4c(C)nc5cnccc54)cc3)C3CCCCC3)n2)cc1. The fourth-order valence-electron chi connectivity index (χ4n) is 7.42. The number of likely N-dealkylation sites (tertiary alicyclic amines) is 1. The van der Waals surface area contributed by atoms with Crippen molar-refractivity contribution in [1.82, 2.24) is 29.3 Å². The van der Waals surface area contributed by atoms with Gasteiger partial charge in [0.25, 0.3) is 5.91 Å². The summed E-state index contributed by atoms with van der Waals surface area (Å²) in [6.07, 6.45) is 18.9. The predicted octanol–water partition coefficient (Wildman–Crippen LogP) is 8.55. The van der Waals surface area contributed by atoms with E-state index in [0.29, 0.717) is 18.5 Å². The van der Waals surface area contributed by atoms with Crippen molar-refractivity contribution < 1.29 is 4.79 Å². The zero-order valence-corrected chi connectivity index (χ0v) is 29.5. The molecule has 0 spiro atoms. The average molecular weight is 665 g/mol. The van der Waals surface area contributed by atoms with E-state index in [-0.39, 0.29) is 11.9 Å². The average Bonchev–Trinajstić information content (AvgIpc) is 3.79. The molecule has 0 atom stereocenters. The van der Waals surface area contributed by atoms with Gasteiger partial charge in [-0.15, -0.1) is 0 Å². The van der Waals surface area contributed by atoms with Crippen LogP contribution in [0.25, 0.3) is 16.6 Å². The number of allylic oxidation sites excluding steroid dienone is 1. The van der Waals surface area contributed by atoms with Gasteiger partial charge in [-0.2, -0.15) is 0 Å². The first-order valence-electron chi connectivity index (χ1n) is 18.3. The van der Waals surface area contributed by atoms with E-state index in [0.717, 1.165) is 79.1 Å². The lowest BCUT2D eigenvalue weighted by molar-refractivity contribution is 0.0737. The molecule has 1 aliphatic carbocycles. The zero-order valence-electron chi connectivity index (χ0n) is 29.5. The topological polar surface area (TPSA) is 67.2 Å². The molecular weight excluding hydrogens is 617 g/mol. The number of amides is 1. The first-order chi connectivity index (χ1) is 24.5. The molecule has 0 N–H and O–H groups in total. The number of hydrogen-bond acceptors (Lipinski definition) is 5. The van der Waals surface area contributed by atoms with Gasteiger partial charge in [0.05, 0.1) is 17.4 Å². The molecule has 1 saturated heterocycles. The molecule has 0 radical (unpaired) electrons. The summed E-state index contributed by atoms with van der Waals surface area (Å²) in [5.74, 6) is 1.01. The van der Waals surface area contributed by atoms with Crippen LogP contribution in [0, 0.1) is 13.8 Å². The number of hydrogen-bond donors (Lipinski definition) is 0. The summed E-state index contributed by atoms with van der Waals surface area (Å²) in [6.45, 7) is 8.11. The summed E-state index contributed by atoms with van der Waals surface area (Å²) >= 11 is 0. The third kappa shape index (κ3) is 7.95. The van der Waals surface area contributed by atoms with Crippen molar-refractivity contribution in [2.45, 2.75) is 77.8 Å². The van der Waals surface area contributed by atoms with Gasteiger partial charge in [0, 0.05) is 54.8 Å². The number of carbonyl (C=O) groups is 1. The van der Waals surface area contributed by atoms with Crippen molar-refractivity contribution in [2.24, 2.45) is 0 Å². The molecule has 256 valence electrons. The van der Waals surface area contributed by atoms with Crippen molar-refractivity contribution in [3.63, 3.8) is 0 Å². The van der Waals surface area contributed by atoms with Crippen LogP contribution in [0.15, 0.2) is 104 Å². The van der Waals surface area contributed by atoms with Crippen molar-refractivity contribution in [3.8, 4) is 0 Å². The second-order valence-corrected chi connectivity index (χ2v) is 13.9. The molecule has 1 amide bonds. The summed E-state index contributed by atoms with van der Waals surface area (Å²) < 4.78 is 2.20. The third-order valence-corrected chi connectivity index (χ3v) is 10.3. The highest BCUT2D eigenvalue weighted by molar-refractivity contribution is 5.95. The van der Waals surface area contributed by atoms with Crippen LogP contribution in [0.1, 0.15) is 89.2 Å². The summed E-state index contributed by atoms with van der Waals surface area (Å²) in [5.41, 5.74) is 9.43. The molecule has 50 heavy (non-hydrogen) atoms. The lowest BCUT2D eigenvalue weighted by Gasteiger charge is -2.32. The van der Waals surface area contributed by atoms with Crippen LogP contribution in [0.3, 0.4) is 0 Å². The number of pyridine rings is 2. The van der Waals surface area contributed by atoms with E-state index in [1.165, 1.54) is 36.0 Å². The summed E-state index contributed by atoms with van der Waals surface area (Å²) in [7, 11) is 0. The van der Waals surface area contributed by atoms with Gasteiger partial charge in [-0.3, -0.25) is 19.7 Å². The maximum Gasteiger partial charge on any atom is 0.258 e. The van der Waals surface area contributed by atoms with Gasteiger partial charge in [-0.25, -0.2) is 4.98 Å². The van der Waals surface area contributed by atoms with E-state index in [1.807, 2.05) is 36.2 Å². The van der Waals surface area contributed by atoms with E-state index in [4.69, 9.17) is 4.98 Å². The Morgan fingerprint density at radius 1 is 0.860 bits per heavy atom. The van der Waals surface area contributed by atoms with Crippen LogP contribution in [0.5, 0.6) is 0 Å². The number of nitrogens with zero attached hydrogens (tertiary/aromatic N) is 6. The third-order valence-electron chi connectivity index (χ3n) is 10.3. The molecule has 1 aliphatic heterocycles. The number of benzene rings is 2. The molecule has 3 aromatic heterocycles. The Labute approximate surface area is 296 Å². The predicted molar refractivity (Wildman–Crippen MR) is 202 cm³/mol. The summed E-state index contributed by atoms with van der Waals surface area (Å²) in [4.78, 5) is 32.6. The van der Waals surface area contributed by atoms with Gasteiger partial charge in [0.15, 0.2) is 0 Å². The van der Waals surface area contributed by atoms with Crippen molar-refractivity contribution >= 4 is 22.5 Å². The molecule has 5 aromatic rings. The number of imidazole rings is 1. The monoisotopic (exact) mass is 664 g/mol. The molecule has 0 bridgehead atoms. The number of carbonyl (C=O) groups excluding carboxylic acids is 1. The van der Waals surface area contributed by atoms with Crippen molar-refractivity contribution in [1.29, 1.82) is 0 Å². The molecule has 7 rings (SSSR count). The first-order valence-corrected chi connectivity index (χ1v) is 18.3. The number of aryl methyl sites for hydroxylation is 2. The fraction of sp³-hybridized carbons (Fsp3) is 0.349. The standard InChI is InChI=1S/C43H48N6O/c1-32-15-19-35(20-16-32)39(24-29-47-26-6-7-27-47)40-14-8-10-37(46-40)11-9-28-48(38-12-4-3-5-13-38)43(50)36-21-17-34(18-22-36)31-49-33(2)45-41-30-44-25-23-42(41)49/h8-10,14-25,28,30,38H,3-7,11-13,26-27,29,31H2,1-2H3. The fourth-order valence-corrected chi connectivity index (χ4v) is 7.42. The first kappa shape index (κ1) is 33.6. The lowest BCUT2D eigenvalue weighted by Crippen LogP contribution is -2.37. The molecule has 7 nitrogen and oxygen atoms in total. The van der Waals surface area contributed by atoms with Crippen LogP contribution >= 0.6 is 0 Å². The molecule has 2 fully saturated rings. The maximum atomic E-state index is 14.1. The quantitative estimate of drug-likeness (QED) is 0.142. The molecule has 4 heterocycles. The van der Waals surface area contributed by atoms with Crippen molar-refractivity contribution in [3.05, 3.63) is 143 Å². The molecule has 2 aromatic carbocycles. The van der Waals surface area contributed by atoms with E-state index >= 15 is 0 Å². The van der Waals surface area contributed by atoms with Gasteiger partial charge in [-0.05, 0) is 94.1 Å². The molecule has 7 heteroatoms. The van der Waals surface area contributed by atoms with Crippen molar-refractivity contribution in [2.75, 3.05) is 19.6 Å². The van der Waals surface area contributed by atoms with Gasteiger partial charge >= 0.3 is 0 Å².